The van der Waals surface area contributed by atoms with Crippen molar-refractivity contribution in [2.24, 2.45) is 0 Å². The SMILES string of the molecule is CNc1cc(Nc2cc(Cl)ccc2Cl)nc(COC)n1. The number of ether oxygens (including phenoxy) is 1. The van der Waals surface area contributed by atoms with E-state index in [4.69, 9.17) is 27.9 Å². The Bertz CT molecular complexity index is 607. The first-order chi connectivity index (χ1) is 9.62. The average molecular weight is 313 g/mol. The Morgan fingerprint density at radius 1 is 1.15 bits per heavy atom. The van der Waals surface area contributed by atoms with E-state index in [1.54, 1.807) is 38.4 Å². The molecule has 0 radical (unpaired) electrons. The summed E-state index contributed by atoms with van der Waals surface area (Å²) < 4.78 is 5.05. The van der Waals surface area contributed by atoms with E-state index in [-0.39, 0.29) is 0 Å². The van der Waals surface area contributed by atoms with Crippen LogP contribution in [0.4, 0.5) is 17.3 Å². The third-order valence-corrected chi connectivity index (χ3v) is 3.06. The van der Waals surface area contributed by atoms with E-state index in [1.807, 2.05) is 0 Å². The molecule has 2 aromatic rings. The zero-order valence-corrected chi connectivity index (χ0v) is 12.6. The summed E-state index contributed by atoms with van der Waals surface area (Å²) in [5.41, 5.74) is 0.684. The largest absolute Gasteiger partial charge is 0.377 e. The predicted molar refractivity (Wildman–Crippen MR) is 82.0 cm³/mol. The minimum atomic E-state index is 0.327. The van der Waals surface area contributed by atoms with Crippen LogP contribution in [0.3, 0.4) is 0 Å². The number of nitrogens with one attached hydrogen (secondary N) is 2. The fraction of sp³-hybridized carbons (Fsp3) is 0.231. The van der Waals surface area contributed by atoms with Gasteiger partial charge in [0.05, 0.1) is 10.7 Å². The molecule has 106 valence electrons. The molecule has 1 aromatic carbocycles. The molecule has 0 unspecified atom stereocenters. The van der Waals surface area contributed by atoms with Crippen molar-refractivity contribution in [3.05, 3.63) is 40.1 Å². The van der Waals surface area contributed by atoms with E-state index in [0.29, 0.717) is 39.8 Å². The van der Waals surface area contributed by atoms with Crippen molar-refractivity contribution in [3.8, 4) is 0 Å². The van der Waals surface area contributed by atoms with E-state index in [0.717, 1.165) is 0 Å². The molecule has 5 nitrogen and oxygen atoms in total. The second-order valence-electron chi connectivity index (χ2n) is 3.99. The number of methoxy groups -OCH3 is 1. The molecular weight excluding hydrogens is 299 g/mol. The Morgan fingerprint density at radius 2 is 1.90 bits per heavy atom. The molecule has 0 aliphatic carbocycles. The first-order valence-electron chi connectivity index (χ1n) is 5.89. The average Bonchev–Trinajstić information content (AvgIpc) is 2.43. The molecule has 0 saturated heterocycles. The van der Waals surface area contributed by atoms with Crippen LogP contribution in [-0.4, -0.2) is 24.1 Å². The lowest BCUT2D eigenvalue weighted by Crippen LogP contribution is -2.04. The number of halogens is 2. The van der Waals surface area contributed by atoms with Crippen molar-refractivity contribution in [1.29, 1.82) is 0 Å². The molecular formula is C13H14Cl2N4O. The van der Waals surface area contributed by atoms with Crippen LogP contribution in [-0.2, 0) is 11.3 Å². The van der Waals surface area contributed by atoms with Gasteiger partial charge in [0.15, 0.2) is 5.82 Å². The smallest absolute Gasteiger partial charge is 0.158 e. The standard InChI is InChI=1S/C13H14Cl2N4O/c1-16-11-6-12(19-13(18-11)7-20-2)17-10-5-8(14)3-4-9(10)15/h3-6H,7H2,1-2H3,(H2,16,17,18,19). The molecule has 1 heterocycles. The Morgan fingerprint density at radius 3 is 2.60 bits per heavy atom. The number of rotatable bonds is 5. The van der Waals surface area contributed by atoms with Crippen LogP contribution in [0.2, 0.25) is 10.0 Å². The lowest BCUT2D eigenvalue weighted by Gasteiger charge is -2.11. The highest BCUT2D eigenvalue weighted by Crippen LogP contribution is 2.28. The fourth-order valence-corrected chi connectivity index (χ4v) is 1.95. The molecule has 0 fully saturated rings. The molecule has 0 spiro atoms. The molecule has 0 saturated carbocycles. The predicted octanol–water partition coefficient (Wildman–Crippen LogP) is 3.72. The van der Waals surface area contributed by atoms with Crippen molar-refractivity contribution < 1.29 is 4.74 Å². The topological polar surface area (TPSA) is 59.1 Å². The van der Waals surface area contributed by atoms with E-state index in [1.165, 1.54) is 0 Å². The number of hydrogen-bond acceptors (Lipinski definition) is 5. The molecule has 0 aliphatic heterocycles. The van der Waals surface area contributed by atoms with Crippen molar-refractivity contribution in [1.82, 2.24) is 9.97 Å². The monoisotopic (exact) mass is 312 g/mol. The Hall–Kier alpha value is -1.56. The number of benzene rings is 1. The van der Waals surface area contributed by atoms with Crippen LogP contribution < -0.4 is 10.6 Å². The summed E-state index contributed by atoms with van der Waals surface area (Å²) in [5, 5.41) is 7.25. The van der Waals surface area contributed by atoms with Crippen LogP contribution in [0.25, 0.3) is 0 Å². The molecule has 0 bridgehead atoms. The number of anilines is 3. The van der Waals surface area contributed by atoms with E-state index in [9.17, 15) is 0 Å². The van der Waals surface area contributed by atoms with Gasteiger partial charge in [0.1, 0.15) is 18.2 Å². The van der Waals surface area contributed by atoms with Gasteiger partial charge < -0.3 is 15.4 Å². The summed E-state index contributed by atoms with van der Waals surface area (Å²) in [6.45, 7) is 0.327. The second kappa shape index (κ2) is 6.74. The first kappa shape index (κ1) is 14.8. The molecule has 7 heteroatoms. The molecule has 0 amide bonds. The van der Waals surface area contributed by atoms with Gasteiger partial charge in [-0.1, -0.05) is 23.2 Å². The van der Waals surface area contributed by atoms with Gasteiger partial charge >= 0.3 is 0 Å². The van der Waals surface area contributed by atoms with Gasteiger partial charge in [-0.25, -0.2) is 9.97 Å². The number of hydrogen-bond donors (Lipinski definition) is 2. The summed E-state index contributed by atoms with van der Waals surface area (Å²) in [6, 6.07) is 6.96. The first-order valence-corrected chi connectivity index (χ1v) is 6.64. The highest BCUT2D eigenvalue weighted by Gasteiger charge is 2.07. The quantitative estimate of drug-likeness (QED) is 0.881. The lowest BCUT2D eigenvalue weighted by atomic mass is 10.3. The maximum absolute atomic E-state index is 6.12. The van der Waals surface area contributed by atoms with Crippen LogP contribution in [0.15, 0.2) is 24.3 Å². The lowest BCUT2D eigenvalue weighted by molar-refractivity contribution is 0.178. The van der Waals surface area contributed by atoms with E-state index < -0.39 is 0 Å². The summed E-state index contributed by atoms with van der Waals surface area (Å²) in [5.74, 6) is 1.87. The third-order valence-electron chi connectivity index (χ3n) is 2.49. The summed E-state index contributed by atoms with van der Waals surface area (Å²) in [6.07, 6.45) is 0. The molecule has 0 aliphatic rings. The van der Waals surface area contributed by atoms with Crippen molar-refractivity contribution >= 4 is 40.5 Å². The zero-order valence-electron chi connectivity index (χ0n) is 11.1. The van der Waals surface area contributed by atoms with Gasteiger partial charge in [0.25, 0.3) is 0 Å². The van der Waals surface area contributed by atoms with Crippen molar-refractivity contribution in [2.75, 3.05) is 24.8 Å². The molecule has 20 heavy (non-hydrogen) atoms. The minimum Gasteiger partial charge on any atom is -0.377 e. The van der Waals surface area contributed by atoms with Gasteiger partial charge in [0.2, 0.25) is 0 Å². The Kier molecular flexibility index (Phi) is 5.00. The van der Waals surface area contributed by atoms with Gasteiger partial charge in [-0.3, -0.25) is 0 Å². The Balaban J connectivity index is 2.32. The maximum atomic E-state index is 6.12. The molecule has 2 rings (SSSR count). The van der Waals surface area contributed by atoms with Crippen LogP contribution >= 0.6 is 23.2 Å². The number of aromatic nitrogens is 2. The van der Waals surface area contributed by atoms with Gasteiger partial charge in [0, 0.05) is 25.2 Å². The fourth-order valence-electron chi connectivity index (χ4n) is 1.61. The molecule has 1 aromatic heterocycles. The van der Waals surface area contributed by atoms with Crippen LogP contribution in [0.5, 0.6) is 0 Å². The summed E-state index contributed by atoms with van der Waals surface area (Å²) in [7, 11) is 3.38. The van der Waals surface area contributed by atoms with Gasteiger partial charge in [-0.05, 0) is 18.2 Å². The maximum Gasteiger partial charge on any atom is 0.158 e. The zero-order chi connectivity index (χ0) is 14.5. The summed E-state index contributed by atoms with van der Waals surface area (Å²) >= 11 is 12.1. The normalized spacial score (nSPS) is 10.4. The van der Waals surface area contributed by atoms with Crippen molar-refractivity contribution in [3.63, 3.8) is 0 Å². The Labute approximate surface area is 127 Å². The van der Waals surface area contributed by atoms with Crippen LogP contribution in [0, 0.1) is 0 Å². The van der Waals surface area contributed by atoms with Crippen LogP contribution in [0.1, 0.15) is 5.82 Å². The molecule has 0 atom stereocenters. The second-order valence-corrected chi connectivity index (χ2v) is 4.83. The highest BCUT2D eigenvalue weighted by atomic mass is 35.5. The van der Waals surface area contributed by atoms with Crippen molar-refractivity contribution in [2.45, 2.75) is 6.61 Å². The summed E-state index contributed by atoms with van der Waals surface area (Å²) in [4.78, 5) is 8.63. The van der Waals surface area contributed by atoms with E-state index in [2.05, 4.69) is 20.6 Å². The highest BCUT2D eigenvalue weighted by molar-refractivity contribution is 6.35. The molecule has 2 N–H and O–H groups in total. The van der Waals surface area contributed by atoms with Gasteiger partial charge in [-0.2, -0.15) is 0 Å². The minimum absolute atomic E-state index is 0.327. The third kappa shape index (κ3) is 3.72. The number of nitrogens with zero attached hydrogens (tertiary/aromatic N) is 2. The van der Waals surface area contributed by atoms with E-state index >= 15 is 0 Å². The van der Waals surface area contributed by atoms with Gasteiger partial charge in [-0.15, -0.1) is 0 Å².